The lowest BCUT2D eigenvalue weighted by Gasteiger charge is -2.22. The number of hydrogen-bond acceptors (Lipinski definition) is 6. The predicted molar refractivity (Wildman–Crippen MR) is 177 cm³/mol. The zero-order valence-electron chi connectivity index (χ0n) is 26.2. The molecular weight excluding hydrogens is 604 g/mol. The predicted octanol–water partition coefficient (Wildman–Crippen LogP) is 4.88. The van der Waals surface area contributed by atoms with Gasteiger partial charge in [0.05, 0.1) is 12.3 Å². The largest absolute Gasteiger partial charge is 0.508 e. The van der Waals surface area contributed by atoms with Crippen molar-refractivity contribution >= 4 is 41.2 Å². The quantitative estimate of drug-likeness (QED) is 0.0846. The molecule has 0 fully saturated rings. The van der Waals surface area contributed by atoms with Crippen LogP contribution in [0, 0.1) is 5.92 Å². The van der Waals surface area contributed by atoms with E-state index in [9.17, 15) is 39.3 Å². The number of carbonyl (C=O) groups is 5. The van der Waals surface area contributed by atoms with E-state index in [0.717, 1.165) is 5.56 Å². The van der Waals surface area contributed by atoms with E-state index in [-0.39, 0.29) is 30.9 Å². The van der Waals surface area contributed by atoms with Gasteiger partial charge in [-0.25, -0.2) is 14.4 Å². The molecule has 47 heavy (non-hydrogen) atoms. The van der Waals surface area contributed by atoms with Crippen molar-refractivity contribution in [2.75, 3.05) is 10.6 Å². The molecule has 3 aromatic rings. The number of phenols is 1. The summed E-state index contributed by atoms with van der Waals surface area (Å²) in [4.78, 5) is 61.8. The Labute approximate surface area is 272 Å². The second-order valence-electron chi connectivity index (χ2n) is 11.4. The summed E-state index contributed by atoms with van der Waals surface area (Å²) in [6.07, 6.45) is 3.23. The van der Waals surface area contributed by atoms with Gasteiger partial charge in [-0.1, -0.05) is 68.5 Å². The number of amides is 4. The van der Waals surface area contributed by atoms with E-state index >= 15 is 0 Å². The van der Waals surface area contributed by atoms with Crippen LogP contribution in [0.1, 0.15) is 50.2 Å². The van der Waals surface area contributed by atoms with Gasteiger partial charge >= 0.3 is 18.0 Å². The molecule has 12 nitrogen and oxygen atoms in total. The summed E-state index contributed by atoms with van der Waals surface area (Å²) in [6, 6.07) is 18.6. The van der Waals surface area contributed by atoms with Crippen molar-refractivity contribution in [2.45, 2.75) is 57.5 Å². The molecule has 3 atom stereocenters. The van der Waals surface area contributed by atoms with Gasteiger partial charge in [0, 0.05) is 11.4 Å². The van der Waals surface area contributed by atoms with Crippen LogP contribution < -0.4 is 21.3 Å². The van der Waals surface area contributed by atoms with E-state index in [4.69, 9.17) is 0 Å². The molecule has 0 aliphatic rings. The van der Waals surface area contributed by atoms with Gasteiger partial charge in [0.1, 0.15) is 17.8 Å². The second-order valence-corrected chi connectivity index (χ2v) is 11.4. The average Bonchev–Trinajstić information content (AvgIpc) is 3.02. The molecule has 0 heterocycles. The number of carboxylic acid groups (broad SMARTS) is 2. The van der Waals surface area contributed by atoms with Gasteiger partial charge in [-0.15, -0.1) is 0 Å². The lowest BCUT2D eigenvalue weighted by molar-refractivity contribution is -0.142. The Morgan fingerprint density at radius 2 is 1.21 bits per heavy atom. The maximum Gasteiger partial charge on any atom is 0.326 e. The van der Waals surface area contributed by atoms with Crippen molar-refractivity contribution in [1.29, 1.82) is 0 Å². The molecule has 7 N–H and O–H groups in total. The monoisotopic (exact) mass is 644 g/mol. The lowest BCUT2D eigenvalue weighted by atomic mass is 9.89. The summed E-state index contributed by atoms with van der Waals surface area (Å²) < 4.78 is 0. The Kier molecular flexibility index (Phi) is 13.5. The van der Waals surface area contributed by atoms with E-state index in [2.05, 4.69) is 21.3 Å². The van der Waals surface area contributed by atoms with E-state index in [1.54, 1.807) is 60.7 Å². The molecule has 12 heteroatoms. The molecule has 0 spiro atoms. The first-order valence-electron chi connectivity index (χ1n) is 15.1. The van der Waals surface area contributed by atoms with Gasteiger partial charge in [-0.2, -0.15) is 0 Å². The van der Waals surface area contributed by atoms with Gasteiger partial charge in [0.25, 0.3) is 0 Å². The van der Waals surface area contributed by atoms with Gasteiger partial charge in [0.15, 0.2) is 0 Å². The molecule has 0 radical (unpaired) electrons. The Hall–Kier alpha value is -5.65. The zero-order valence-corrected chi connectivity index (χ0v) is 26.2. The van der Waals surface area contributed by atoms with Crippen LogP contribution in [0.3, 0.4) is 0 Å². The summed E-state index contributed by atoms with van der Waals surface area (Å²) in [7, 11) is 0. The minimum atomic E-state index is -1.27. The van der Waals surface area contributed by atoms with E-state index in [1.165, 1.54) is 24.3 Å². The SMILES string of the molecule is CC(C)CC(C(=O)NC(C/C=C/CC(NC(=O)Cc1ccccc1)C(=O)O)C(=O)O)c1ccc(NC(=O)Nc2ccc(O)cc2)cc1. The number of anilines is 2. The summed E-state index contributed by atoms with van der Waals surface area (Å²) in [6.45, 7) is 3.89. The smallest absolute Gasteiger partial charge is 0.326 e. The summed E-state index contributed by atoms with van der Waals surface area (Å²) in [5, 5.41) is 39.1. The van der Waals surface area contributed by atoms with Crippen molar-refractivity contribution < 1.29 is 39.3 Å². The number of rotatable bonds is 16. The average molecular weight is 645 g/mol. The number of carbonyl (C=O) groups excluding carboxylic acids is 3. The number of benzene rings is 3. The molecule has 0 aromatic heterocycles. The molecule has 4 amide bonds. The Balaban J connectivity index is 1.58. The highest BCUT2D eigenvalue weighted by atomic mass is 16.4. The first-order valence-corrected chi connectivity index (χ1v) is 15.1. The first kappa shape index (κ1) is 35.8. The Morgan fingerprint density at radius 3 is 1.72 bits per heavy atom. The maximum absolute atomic E-state index is 13.4. The molecule has 248 valence electrons. The van der Waals surface area contributed by atoms with Crippen molar-refractivity contribution in [3.8, 4) is 5.75 Å². The van der Waals surface area contributed by atoms with Crippen molar-refractivity contribution in [3.63, 3.8) is 0 Å². The number of hydrogen-bond donors (Lipinski definition) is 7. The van der Waals surface area contributed by atoms with Crippen molar-refractivity contribution in [3.05, 3.63) is 102 Å². The topological polar surface area (TPSA) is 194 Å². The minimum absolute atomic E-state index is 0.0224. The van der Waals surface area contributed by atoms with Crippen LogP contribution in [-0.2, 0) is 25.6 Å². The number of aromatic hydroxyl groups is 1. The highest BCUT2D eigenvalue weighted by Gasteiger charge is 2.27. The van der Waals surface area contributed by atoms with Gasteiger partial charge in [0.2, 0.25) is 11.8 Å². The maximum atomic E-state index is 13.4. The molecule has 3 unspecified atom stereocenters. The number of phenolic OH excluding ortho intramolecular Hbond substituents is 1. The third kappa shape index (κ3) is 12.3. The van der Waals surface area contributed by atoms with Gasteiger partial charge in [-0.05, 0) is 72.7 Å². The summed E-state index contributed by atoms with van der Waals surface area (Å²) >= 11 is 0. The van der Waals surface area contributed by atoms with Crippen LogP contribution in [-0.4, -0.2) is 57.2 Å². The molecule has 3 aromatic carbocycles. The molecule has 0 saturated carbocycles. The third-order valence-corrected chi connectivity index (χ3v) is 7.09. The van der Waals surface area contributed by atoms with E-state index < -0.39 is 47.8 Å². The fourth-order valence-electron chi connectivity index (χ4n) is 4.71. The van der Waals surface area contributed by atoms with Crippen LogP contribution in [0.2, 0.25) is 0 Å². The fraction of sp³-hybridized carbons (Fsp3) is 0.286. The third-order valence-electron chi connectivity index (χ3n) is 7.09. The van der Waals surface area contributed by atoms with Crippen LogP contribution >= 0.6 is 0 Å². The standard InChI is InChI=1S/C35H40N4O8/c1-22(2)20-28(24-12-14-25(15-13-24)36-35(47)37-26-16-18-27(40)19-17-26)32(42)39-30(34(45)46)11-7-6-10-29(33(43)44)38-31(41)21-23-8-4-3-5-9-23/h3-9,12-19,22,28-30,40H,10-11,20-21H2,1-2H3,(H,38,41)(H,39,42)(H,43,44)(H,45,46)(H2,36,37,47)/b7-6+. The van der Waals surface area contributed by atoms with E-state index in [1.807, 2.05) is 19.9 Å². The molecule has 0 bridgehead atoms. The molecule has 0 aliphatic carbocycles. The highest BCUT2D eigenvalue weighted by Crippen LogP contribution is 2.26. The van der Waals surface area contributed by atoms with Crippen molar-refractivity contribution in [1.82, 2.24) is 10.6 Å². The summed E-state index contributed by atoms with van der Waals surface area (Å²) in [5.74, 6) is -3.91. The Morgan fingerprint density at radius 1 is 0.702 bits per heavy atom. The Bertz CT molecular complexity index is 1540. The summed E-state index contributed by atoms with van der Waals surface area (Å²) in [5.41, 5.74) is 2.33. The molecular formula is C35H40N4O8. The van der Waals surface area contributed by atoms with Gasteiger partial charge < -0.3 is 36.6 Å². The second kappa shape index (κ2) is 17.7. The number of urea groups is 1. The van der Waals surface area contributed by atoms with Crippen LogP contribution in [0.5, 0.6) is 5.75 Å². The fourth-order valence-corrected chi connectivity index (χ4v) is 4.71. The van der Waals surface area contributed by atoms with Crippen LogP contribution in [0.25, 0.3) is 0 Å². The molecule has 0 aliphatic heterocycles. The van der Waals surface area contributed by atoms with Crippen molar-refractivity contribution in [2.24, 2.45) is 5.92 Å². The number of nitrogens with one attached hydrogen (secondary N) is 4. The number of aliphatic carboxylic acids is 2. The van der Waals surface area contributed by atoms with Crippen LogP contribution in [0.15, 0.2) is 91.0 Å². The normalized spacial score (nSPS) is 12.9. The first-order chi connectivity index (χ1) is 22.4. The van der Waals surface area contributed by atoms with Gasteiger partial charge in [-0.3, -0.25) is 9.59 Å². The zero-order chi connectivity index (χ0) is 34.3. The lowest BCUT2D eigenvalue weighted by Crippen LogP contribution is -2.43. The molecule has 3 rings (SSSR count). The molecule has 0 saturated heterocycles. The van der Waals surface area contributed by atoms with Crippen LogP contribution in [0.4, 0.5) is 16.2 Å². The highest BCUT2D eigenvalue weighted by molar-refractivity contribution is 5.99. The van der Waals surface area contributed by atoms with E-state index in [0.29, 0.717) is 23.4 Å². The number of carboxylic acids is 2. The minimum Gasteiger partial charge on any atom is -0.508 e.